The van der Waals surface area contributed by atoms with Crippen LogP contribution in [0, 0.1) is 11.8 Å². The molecular weight excluding hydrogens is 390 g/mol. The van der Waals surface area contributed by atoms with Crippen LogP contribution in [0.5, 0.6) is 0 Å². The SMILES string of the molecule is NC(=O)c1[nH]c2ccc(C#Cc3ccccc3)cc2c1S(=O)(=O)N1CCOCC1. The number of nitrogens with one attached hydrogen (secondary N) is 1. The van der Waals surface area contributed by atoms with Gasteiger partial charge in [-0.25, -0.2) is 8.42 Å². The Morgan fingerprint density at radius 1 is 1.03 bits per heavy atom. The van der Waals surface area contributed by atoms with E-state index in [1.807, 2.05) is 30.3 Å². The van der Waals surface area contributed by atoms with Gasteiger partial charge < -0.3 is 15.5 Å². The second-order valence-corrected chi connectivity index (χ2v) is 8.46. The number of fused-ring (bicyclic) bond motifs is 1. The van der Waals surface area contributed by atoms with E-state index in [0.717, 1.165) is 5.56 Å². The number of ether oxygens (including phenoxy) is 1. The molecule has 4 rings (SSSR count). The molecule has 1 aliphatic heterocycles. The van der Waals surface area contributed by atoms with Crippen LogP contribution in [0.3, 0.4) is 0 Å². The van der Waals surface area contributed by atoms with E-state index in [1.54, 1.807) is 18.2 Å². The maximum Gasteiger partial charge on any atom is 0.266 e. The number of carbonyl (C=O) groups excluding carboxylic acids is 1. The van der Waals surface area contributed by atoms with Crippen LogP contribution in [0.2, 0.25) is 0 Å². The number of sulfonamides is 1. The molecule has 3 N–H and O–H groups in total. The van der Waals surface area contributed by atoms with Gasteiger partial charge in [0.1, 0.15) is 10.6 Å². The second-order valence-electron chi connectivity index (χ2n) is 6.59. The van der Waals surface area contributed by atoms with Crippen molar-refractivity contribution < 1.29 is 17.9 Å². The maximum atomic E-state index is 13.3. The molecule has 0 spiro atoms. The molecule has 2 heterocycles. The van der Waals surface area contributed by atoms with E-state index < -0.39 is 15.9 Å². The molecule has 3 aromatic rings. The van der Waals surface area contributed by atoms with E-state index in [-0.39, 0.29) is 23.7 Å². The third-order valence-corrected chi connectivity index (χ3v) is 6.68. The lowest BCUT2D eigenvalue weighted by Gasteiger charge is -2.26. The second kappa shape index (κ2) is 7.72. The maximum absolute atomic E-state index is 13.3. The minimum absolute atomic E-state index is 0.106. The Bertz CT molecular complexity index is 1230. The summed E-state index contributed by atoms with van der Waals surface area (Å²) >= 11 is 0. The highest BCUT2D eigenvalue weighted by molar-refractivity contribution is 7.89. The fourth-order valence-electron chi connectivity index (χ4n) is 3.27. The Balaban J connectivity index is 1.85. The zero-order valence-electron chi connectivity index (χ0n) is 15.5. The number of hydrogen-bond donors (Lipinski definition) is 2. The molecule has 0 bridgehead atoms. The van der Waals surface area contributed by atoms with Crippen LogP contribution in [0.4, 0.5) is 0 Å². The van der Waals surface area contributed by atoms with Crippen molar-refractivity contribution in [2.45, 2.75) is 4.90 Å². The van der Waals surface area contributed by atoms with Crippen molar-refractivity contribution in [2.24, 2.45) is 5.73 Å². The Hall–Kier alpha value is -3.12. The van der Waals surface area contributed by atoms with Gasteiger partial charge in [-0.2, -0.15) is 4.31 Å². The van der Waals surface area contributed by atoms with E-state index >= 15 is 0 Å². The van der Waals surface area contributed by atoms with E-state index in [1.165, 1.54) is 4.31 Å². The molecule has 29 heavy (non-hydrogen) atoms. The number of amides is 1. The third-order valence-electron chi connectivity index (χ3n) is 4.69. The summed E-state index contributed by atoms with van der Waals surface area (Å²) in [5.74, 6) is 5.26. The quantitative estimate of drug-likeness (QED) is 0.642. The minimum Gasteiger partial charge on any atom is -0.379 e. The molecular formula is C21H19N3O4S. The van der Waals surface area contributed by atoms with Gasteiger partial charge in [-0.1, -0.05) is 30.0 Å². The number of aromatic amines is 1. The zero-order valence-corrected chi connectivity index (χ0v) is 16.3. The fraction of sp³-hybridized carbons (Fsp3) is 0.190. The molecule has 8 heteroatoms. The number of nitrogens with two attached hydrogens (primary N) is 1. The number of hydrogen-bond acceptors (Lipinski definition) is 4. The highest BCUT2D eigenvalue weighted by Crippen LogP contribution is 2.30. The smallest absolute Gasteiger partial charge is 0.266 e. The average Bonchev–Trinajstić information content (AvgIpc) is 3.14. The van der Waals surface area contributed by atoms with Gasteiger partial charge in [-0.3, -0.25) is 4.79 Å². The summed E-state index contributed by atoms with van der Waals surface area (Å²) in [6, 6.07) is 14.6. The summed E-state index contributed by atoms with van der Waals surface area (Å²) in [4.78, 5) is 14.7. The first-order valence-corrected chi connectivity index (χ1v) is 10.5. The average molecular weight is 409 g/mol. The highest BCUT2D eigenvalue weighted by Gasteiger charge is 2.33. The first-order chi connectivity index (χ1) is 14.0. The molecule has 0 unspecified atom stereocenters. The van der Waals surface area contributed by atoms with Crippen molar-refractivity contribution in [3.05, 3.63) is 65.4 Å². The van der Waals surface area contributed by atoms with Gasteiger partial charge in [-0.05, 0) is 30.3 Å². The number of H-pyrrole nitrogens is 1. The van der Waals surface area contributed by atoms with Gasteiger partial charge in [0.05, 0.1) is 13.2 Å². The Morgan fingerprint density at radius 2 is 1.72 bits per heavy atom. The third kappa shape index (κ3) is 3.76. The van der Waals surface area contributed by atoms with Crippen molar-refractivity contribution in [3.8, 4) is 11.8 Å². The van der Waals surface area contributed by atoms with E-state index in [0.29, 0.717) is 29.7 Å². The number of rotatable bonds is 3. The van der Waals surface area contributed by atoms with Crippen LogP contribution in [0.1, 0.15) is 21.6 Å². The Morgan fingerprint density at radius 3 is 2.41 bits per heavy atom. The van der Waals surface area contributed by atoms with Gasteiger partial charge in [0.2, 0.25) is 10.0 Å². The molecule has 1 saturated heterocycles. The normalized spacial score (nSPS) is 15.0. The molecule has 0 radical (unpaired) electrons. The van der Waals surface area contributed by atoms with Gasteiger partial charge in [0, 0.05) is 35.1 Å². The lowest BCUT2D eigenvalue weighted by atomic mass is 10.1. The van der Waals surface area contributed by atoms with Gasteiger partial charge in [0.15, 0.2) is 0 Å². The summed E-state index contributed by atoms with van der Waals surface area (Å²) in [5, 5.41) is 0.394. The molecule has 0 saturated carbocycles. The zero-order chi connectivity index (χ0) is 20.4. The topological polar surface area (TPSA) is 105 Å². The molecule has 148 valence electrons. The number of primary amides is 1. The van der Waals surface area contributed by atoms with E-state index in [4.69, 9.17) is 10.5 Å². The summed E-state index contributed by atoms with van der Waals surface area (Å²) in [7, 11) is -3.93. The molecule has 2 aromatic carbocycles. The first kappa shape index (κ1) is 19.2. The van der Waals surface area contributed by atoms with Crippen molar-refractivity contribution in [3.63, 3.8) is 0 Å². The standard InChI is InChI=1S/C21H19N3O4S/c22-21(25)19-20(29(26,27)24-10-12-28-13-11-24)17-14-16(8-9-18(17)23-19)7-6-15-4-2-1-3-5-15/h1-5,8-9,14,23H,10-13H2,(H2,22,25). The summed E-state index contributed by atoms with van der Waals surface area (Å²) in [6.07, 6.45) is 0. The van der Waals surface area contributed by atoms with Crippen molar-refractivity contribution in [1.29, 1.82) is 0 Å². The molecule has 1 aromatic heterocycles. The molecule has 0 atom stereocenters. The summed E-state index contributed by atoms with van der Waals surface area (Å²) < 4.78 is 33.1. The highest BCUT2D eigenvalue weighted by atomic mass is 32.2. The fourth-order valence-corrected chi connectivity index (χ4v) is 5.01. The Labute approximate surface area is 168 Å². The van der Waals surface area contributed by atoms with Crippen LogP contribution in [-0.2, 0) is 14.8 Å². The van der Waals surface area contributed by atoms with E-state index in [2.05, 4.69) is 16.8 Å². The molecule has 1 amide bonds. The number of morpholine rings is 1. The lowest BCUT2D eigenvalue weighted by Crippen LogP contribution is -2.41. The van der Waals surface area contributed by atoms with E-state index in [9.17, 15) is 13.2 Å². The predicted octanol–water partition coefficient (Wildman–Crippen LogP) is 1.69. The number of benzene rings is 2. The number of carbonyl (C=O) groups is 1. The van der Waals surface area contributed by atoms with Gasteiger partial charge in [0.25, 0.3) is 5.91 Å². The monoisotopic (exact) mass is 409 g/mol. The first-order valence-electron chi connectivity index (χ1n) is 9.07. The van der Waals surface area contributed by atoms with Gasteiger partial charge >= 0.3 is 0 Å². The van der Waals surface area contributed by atoms with Gasteiger partial charge in [-0.15, -0.1) is 0 Å². The van der Waals surface area contributed by atoms with Crippen LogP contribution < -0.4 is 5.73 Å². The van der Waals surface area contributed by atoms with Crippen LogP contribution >= 0.6 is 0 Å². The van der Waals surface area contributed by atoms with Crippen molar-refractivity contribution >= 4 is 26.8 Å². The predicted molar refractivity (Wildman–Crippen MR) is 109 cm³/mol. The Kier molecular flexibility index (Phi) is 5.11. The largest absolute Gasteiger partial charge is 0.379 e. The van der Waals surface area contributed by atoms with Crippen molar-refractivity contribution in [1.82, 2.24) is 9.29 Å². The lowest BCUT2D eigenvalue weighted by molar-refractivity contribution is 0.0730. The summed E-state index contributed by atoms with van der Waals surface area (Å²) in [6.45, 7) is 1.06. The minimum atomic E-state index is -3.93. The summed E-state index contributed by atoms with van der Waals surface area (Å²) in [5.41, 5.74) is 7.34. The number of aromatic nitrogens is 1. The molecule has 1 aliphatic rings. The number of nitrogens with zero attached hydrogens (tertiary/aromatic N) is 1. The van der Waals surface area contributed by atoms with Crippen LogP contribution in [0.15, 0.2) is 53.4 Å². The van der Waals surface area contributed by atoms with Crippen molar-refractivity contribution in [2.75, 3.05) is 26.3 Å². The molecule has 1 fully saturated rings. The molecule has 7 nitrogen and oxygen atoms in total. The molecule has 0 aliphatic carbocycles. The van der Waals surface area contributed by atoms with Crippen LogP contribution in [-0.4, -0.2) is 49.9 Å². The van der Waals surface area contributed by atoms with Crippen LogP contribution in [0.25, 0.3) is 10.9 Å².